The maximum atomic E-state index is 8.94. The monoisotopic (exact) mass is 308 g/mol. The Morgan fingerprint density at radius 1 is 1.44 bits per heavy atom. The number of nitrogens with zero attached hydrogens (tertiary/aromatic N) is 2. The number of hydrogen-bond acceptors (Lipinski definition) is 3. The highest BCUT2D eigenvalue weighted by atomic mass is 79.9. The van der Waals surface area contributed by atoms with E-state index in [1.54, 1.807) is 0 Å². The Bertz CT molecular complexity index is 452. The summed E-state index contributed by atoms with van der Waals surface area (Å²) in [5.74, 6) is 0.811. The van der Waals surface area contributed by atoms with E-state index < -0.39 is 0 Å². The minimum Gasteiger partial charge on any atom is -0.379 e. The number of rotatable bonds is 6. The molecule has 1 aromatic carbocycles. The van der Waals surface area contributed by atoms with E-state index >= 15 is 0 Å². The summed E-state index contributed by atoms with van der Waals surface area (Å²) in [7, 11) is 2.02. The zero-order valence-electron chi connectivity index (χ0n) is 10.5. The van der Waals surface area contributed by atoms with Crippen molar-refractivity contribution >= 4 is 21.6 Å². The normalized spacial score (nSPS) is 14.3. The molecule has 1 aliphatic carbocycles. The Hall–Kier alpha value is -1.05. The molecule has 1 aliphatic rings. The lowest BCUT2D eigenvalue weighted by molar-refractivity contribution is 0.131. The van der Waals surface area contributed by atoms with Gasteiger partial charge in [0.1, 0.15) is 0 Å². The molecular formula is C14H17BrN2O. The molecule has 1 aromatic rings. The predicted molar refractivity (Wildman–Crippen MR) is 75.7 cm³/mol. The van der Waals surface area contributed by atoms with Crippen LogP contribution in [0.5, 0.6) is 0 Å². The Morgan fingerprint density at radius 3 is 2.89 bits per heavy atom. The van der Waals surface area contributed by atoms with Crippen LogP contribution in [0.25, 0.3) is 0 Å². The second-order valence-electron chi connectivity index (χ2n) is 4.75. The smallest absolute Gasteiger partial charge is 0.0992 e. The second-order valence-corrected chi connectivity index (χ2v) is 5.67. The molecule has 0 heterocycles. The maximum absolute atomic E-state index is 8.94. The largest absolute Gasteiger partial charge is 0.379 e. The van der Waals surface area contributed by atoms with Gasteiger partial charge >= 0.3 is 0 Å². The van der Waals surface area contributed by atoms with Crippen LogP contribution in [0.4, 0.5) is 5.69 Å². The first kappa shape index (κ1) is 13.4. The molecule has 1 saturated carbocycles. The summed E-state index contributed by atoms with van der Waals surface area (Å²) in [6.45, 7) is 2.48. The van der Waals surface area contributed by atoms with Crippen LogP contribution >= 0.6 is 15.9 Å². The number of hydrogen-bond donors (Lipinski definition) is 0. The molecule has 0 amide bonds. The Labute approximate surface area is 116 Å². The van der Waals surface area contributed by atoms with Crippen molar-refractivity contribution in [1.82, 2.24) is 0 Å². The zero-order chi connectivity index (χ0) is 13.0. The third kappa shape index (κ3) is 4.01. The molecule has 0 saturated heterocycles. The average molecular weight is 309 g/mol. The van der Waals surface area contributed by atoms with E-state index in [2.05, 4.69) is 26.9 Å². The molecule has 96 valence electrons. The van der Waals surface area contributed by atoms with Crippen molar-refractivity contribution in [2.45, 2.75) is 12.8 Å². The Morgan fingerprint density at radius 2 is 2.22 bits per heavy atom. The molecule has 18 heavy (non-hydrogen) atoms. The van der Waals surface area contributed by atoms with Crippen LogP contribution in [0.2, 0.25) is 0 Å². The number of nitriles is 1. The molecule has 4 heteroatoms. The van der Waals surface area contributed by atoms with Crippen LogP contribution in [0.1, 0.15) is 18.4 Å². The minimum absolute atomic E-state index is 0.671. The van der Waals surface area contributed by atoms with E-state index in [0.29, 0.717) is 5.56 Å². The number of anilines is 1. The summed E-state index contributed by atoms with van der Waals surface area (Å²) in [5.41, 5.74) is 1.71. The fraction of sp³-hybridized carbons (Fsp3) is 0.500. The highest BCUT2D eigenvalue weighted by molar-refractivity contribution is 9.10. The first-order valence-corrected chi connectivity index (χ1v) is 6.98. The van der Waals surface area contributed by atoms with Crippen molar-refractivity contribution in [3.8, 4) is 6.07 Å². The van der Waals surface area contributed by atoms with Crippen molar-refractivity contribution < 1.29 is 4.74 Å². The number of likely N-dealkylation sites (N-methyl/N-ethyl adjacent to an activating group) is 1. The molecule has 0 unspecified atom stereocenters. The fourth-order valence-corrected chi connectivity index (χ4v) is 2.21. The van der Waals surface area contributed by atoms with Crippen LogP contribution < -0.4 is 4.90 Å². The van der Waals surface area contributed by atoms with Crippen molar-refractivity contribution in [2.75, 3.05) is 31.7 Å². The summed E-state index contributed by atoms with van der Waals surface area (Å²) in [6.07, 6.45) is 2.65. The van der Waals surface area contributed by atoms with E-state index in [1.165, 1.54) is 12.8 Å². The highest BCUT2D eigenvalue weighted by Crippen LogP contribution is 2.28. The van der Waals surface area contributed by atoms with Gasteiger partial charge in [0.15, 0.2) is 0 Å². The summed E-state index contributed by atoms with van der Waals surface area (Å²) >= 11 is 3.42. The molecule has 0 aromatic heterocycles. The molecule has 0 atom stereocenters. The van der Waals surface area contributed by atoms with E-state index in [1.807, 2.05) is 25.2 Å². The summed E-state index contributed by atoms with van der Waals surface area (Å²) < 4.78 is 6.55. The SMILES string of the molecule is CN(CCOCC1CC1)c1cc(Br)cc(C#N)c1. The highest BCUT2D eigenvalue weighted by Gasteiger charge is 2.20. The van der Waals surface area contributed by atoms with Gasteiger partial charge in [-0.1, -0.05) is 15.9 Å². The molecule has 0 N–H and O–H groups in total. The van der Waals surface area contributed by atoms with Crippen molar-refractivity contribution in [1.29, 1.82) is 5.26 Å². The standard InChI is InChI=1S/C14H17BrN2O/c1-17(4-5-18-10-11-2-3-11)14-7-12(9-16)6-13(15)8-14/h6-8,11H,2-5,10H2,1H3. The van der Waals surface area contributed by atoms with Gasteiger partial charge in [-0.2, -0.15) is 5.26 Å². The molecule has 3 nitrogen and oxygen atoms in total. The molecule has 1 fully saturated rings. The number of ether oxygens (including phenoxy) is 1. The summed E-state index contributed by atoms with van der Waals surface area (Å²) in [4.78, 5) is 2.11. The van der Waals surface area contributed by atoms with E-state index in [4.69, 9.17) is 10.00 Å². The van der Waals surface area contributed by atoms with Gasteiger partial charge in [-0.15, -0.1) is 0 Å². The lowest BCUT2D eigenvalue weighted by Crippen LogP contribution is -2.23. The molecule has 0 radical (unpaired) electrons. The molecule has 0 aliphatic heterocycles. The van der Waals surface area contributed by atoms with Gasteiger partial charge in [-0.05, 0) is 37.0 Å². The van der Waals surface area contributed by atoms with Gasteiger partial charge in [0.2, 0.25) is 0 Å². The van der Waals surface area contributed by atoms with Crippen LogP contribution in [0, 0.1) is 17.2 Å². The van der Waals surface area contributed by atoms with Crippen LogP contribution in [-0.4, -0.2) is 26.8 Å². The van der Waals surface area contributed by atoms with E-state index in [9.17, 15) is 0 Å². The summed E-state index contributed by atoms with van der Waals surface area (Å²) in [5, 5.41) is 8.94. The van der Waals surface area contributed by atoms with Crippen molar-refractivity contribution in [3.63, 3.8) is 0 Å². The zero-order valence-corrected chi connectivity index (χ0v) is 12.1. The van der Waals surface area contributed by atoms with Crippen LogP contribution in [0.3, 0.4) is 0 Å². The third-order valence-electron chi connectivity index (χ3n) is 3.07. The van der Waals surface area contributed by atoms with Gasteiger partial charge in [0.25, 0.3) is 0 Å². The molecule has 2 rings (SSSR count). The fourth-order valence-electron chi connectivity index (χ4n) is 1.72. The maximum Gasteiger partial charge on any atom is 0.0992 e. The lowest BCUT2D eigenvalue weighted by Gasteiger charge is -2.19. The summed E-state index contributed by atoms with van der Waals surface area (Å²) in [6, 6.07) is 7.90. The Kier molecular flexibility index (Phi) is 4.62. The van der Waals surface area contributed by atoms with Crippen LogP contribution in [0.15, 0.2) is 22.7 Å². The number of halogens is 1. The quantitative estimate of drug-likeness (QED) is 0.757. The van der Waals surface area contributed by atoms with E-state index in [-0.39, 0.29) is 0 Å². The minimum atomic E-state index is 0.671. The van der Waals surface area contributed by atoms with Gasteiger partial charge in [0, 0.05) is 30.4 Å². The molecular weight excluding hydrogens is 292 g/mol. The topological polar surface area (TPSA) is 36.3 Å². The van der Waals surface area contributed by atoms with Crippen molar-refractivity contribution in [3.05, 3.63) is 28.2 Å². The predicted octanol–water partition coefficient (Wildman–Crippen LogP) is 3.18. The number of benzene rings is 1. The van der Waals surface area contributed by atoms with Gasteiger partial charge < -0.3 is 9.64 Å². The van der Waals surface area contributed by atoms with Gasteiger partial charge in [-0.25, -0.2) is 0 Å². The first-order chi connectivity index (χ1) is 8.69. The molecule has 0 bridgehead atoms. The molecule has 0 spiro atoms. The Balaban J connectivity index is 1.84. The third-order valence-corrected chi connectivity index (χ3v) is 3.53. The van der Waals surface area contributed by atoms with Gasteiger partial charge in [0.05, 0.1) is 18.2 Å². The van der Waals surface area contributed by atoms with Crippen LogP contribution in [-0.2, 0) is 4.74 Å². The second kappa shape index (κ2) is 6.21. The van der Waals surface area contributed by atoms with Gasteiger partial charge in [-0.3, -0.25) is 0 Å². The first-order valence-electron chi connectivity index (χ1n) is 6.18. The van der Waals surface area contributed by atoms with E-state index in [0.717, 1.165) is 35.8 Å². The lowest BCUT2D eigenvalue weighted by atomic mass is 10.2. The average Bonchev–Trinajstić information content (AvgIpc) is 3.17. The van der Waals surface area contributed by atoms with Crippen molar-refractivity contribution in [2.24, 2.45) is 5.92 Å².